The SMILES string of the molecule is C[C@@H](NC(=O)N1CCN(c2ncccn2)CC1)C(=O)NC[C@@H]1C[C@H]2C=C[C@H]1C2. The second kappa shape index (κ2) is 8.16. The molecular weight excluding hydrogens is 356 g/mol. The largest absolute Gasteiger partial charge is 0.354 e. The van der Waals surface area contributed by atoms with Crippen LogP contribution in [-0.4, -0.2) is 65.6 Å². The minimum Gasteiger partial charge on any atom is -0.354 e. The molecule has 150 valence electrons. The van der Waals surface area contributed by atoms with Gasteiger partial charge in [0.2, 0.25) is 11.9 Å². The highest BCUT2D eigenvalue weighted by atomic mass is 16.2. The van der Waals surface area contributed by atoms with Gasteiger partial charge in [0.25, 0.3) is 0 Å². The zero-order valence-corrected chi connectivity index (χ0v) is 16.3. The van der Waals surface area contributed by atoms with Crippen molar-refractivity contribution in [3.63, 3.8) is 0 Å². The number of fused-ring (bicyclic) bond motifs is 2. The molecule has 8 nitrogen and oxygen atoms in total. The second-order valence-electron chi connectivity index (χ2n) is 7.98. The van der Waals surface area contributed by atoms with Crippen LogP contribution in [-0.2, 0) is 4.79 Å². The van der Waals surface area contributed by atoms with Crippen molar-refractivity contribution in [2.75, 3.05) is 37.6 Å². The third kappa shape index (κ3) is 4.10. The van der Waals surface area contributed by atoms with Gasteiger partial charge in [-0.15, -0.1) is 0 Å². The van der Waals surface area contributed by atoms with E-state index in [1.165, 1.54) is 6.42 Å². The van der Waals surface area contributed by atoms with E-state index in [0.29, 0.717) is 56.4 Å². The normalized spacial score (nSPS) is 27.0. The van der Waals surface area contributed by atoms with E-state index in [1.807, 2.05) is 0 Å². The second-order valence-corrected chi connectivity index (χ2v) is 7.98. The molecule has 1 aromatic heterocycles. The number of carbonyl (C=O) groups excluding carboxylic acids is 2. The van der Waals surface area contributed by atoms with E-state index in [9.17, 15) is 9.59 Å². The Bertz CT molecular complexity index is 731. The molecule has 28 heavy (non-hydrogen) atoms. The van der Waals surface area contributed by atoms with Crippen molar-refractivity contribution in [3.8, 4) is 0 Å². The quantitative estimate of drug-likeness (QED) is 0.740. The molecule has 4 rings (SSSR count). The maximum Gasteiger partial charge on any atom is 0.318 e. The Hall–Kier alpha value is -2.64. The molecule has 3 amide bonds. The lowest BCUT2D eigenvalue weighted by molar-refractivity contribution is -0.122. The zero-order chi connectivity index (χ0) is 19.5. The van der Waals surface area contributed by atoms with Crippen LogP contribution in [0.3, 0.4) is 0 Å². The molecule has 2 fully saturated rings. The van der Waals surface area contributed by atoms with Crippen molar-refractivity contribution in [1.29, 1.82) is 0 Å². The van der Waals surface area contributed by atoms with E-state index in [1.54, 1.807) is 30.3 Å². The molecule has 2 N–H and O–H groups in total. The fourth-order valence-corrected chi connectivity index (χ4v) is 4.42. The number of nitrogens with zero attached hydrogens (tertiary/aromatic N) is 4. The van der Waals surface area contributed by atoms with Gasteiger partial charge in [0, 0.05) is 45.1 Å². The molecule has 2 heterocycles. The maximum absolute atomic E-state index is 12.5. The van der Waals surface area contributed by atoms with Crippen LogP contribution in [0.4, 0.5) is 10.7 Å². The minimum absolute atomic E-state index is 0.114. The number of aromatic nitrogens is 2. The van der Waals surface area contributed by atoms with Gasteiger partial charge >= 0.3 is 6.03 Å². The lowest BCUT2D eigenvalue weighted by Gasteiger charge is -2.35. The molecule has 1 saturated heterocycles. The first-order chi connectivity index (χ1) is 13.6. The molecule has 0 spiro atoms. The third-order valence-corrected chi connectivity index (χ3v) is 6.09. The lowest BCUT2D eigenvalue weighted by atomic mass is 9.93. The number of allylic oxidation sites excluding steroid dienone is 2. The number of nitrogens with one attached hydrogen (secondary N) is 2. The number of amides is 3. The number of hydrogen-bond acceptors (Lipinski definition) is 5. The summed E-state index contributed by atoms with van der Waals surface area (Å²) in [5.41, 5.74) is 0. The van der Waals surface area contributed by atoms with Crippen LogP contribution >= 0.6 is 0 Å². The van der Waals surface area contributed by atoms with Crippen LogP contribution in [0.15, 0.2) is 30.6 Å². The maximum atomic E-state index is 12.5. The summed E-state index contributed by atoms with van der Waals surface area (Å²) in [5, 5.41) is 5.84. The van der Waals surface area contributed by atoms with Crippen molar-refractivity contribution in [3.05, 3.63) is 30.6 Å². The number of carbonyl (C=O) groups is 2. The Balaban J connectivity index is 1.19. The Morgan fingerprint density at radius 3 is 2.54 bits per heavy atom. The molecule has 2 aliphatic carbocycles. The van der Waals surface area contributed by atoms with E-state index in [0.717, 1.165) is 6.42 Å². The van der Waals surface area contributed by atoms with Crippen molar-refractivity contribution in [1.82, 2.24) is 25.5 Å². The average Bonchev–Trinajstić information content (AvgIpc) is 3.36. The summed E-state index contributed by atoms with van der Waals surface area (Å²) < 4.78 is 0. The molecule has 1 aromatic rings. The number of hydrogen-bond donors (Lipinski definition) is 2. The summed E-state index contributed by atoms with van der Waals surface area (Å²) >= 11 is 0. The van der Waals surface area contributed by atoms with Gasteiger partial charge in [-0.3, -0.25) is 4.79 Å². The molecule has 3 aliphatic rings. The Kier molecular flexibility index (Phi) is 5.45. The van der Waals surface area contributed by atoms with Crippen LogP contribution < -0.4 is 15.5 Å². The van der Waals surface area contributed by atoms with E-state index < -0.39 is 6.04 Å². The van der Waals surface area contributed by atoms with Gasteiger partial charge in [-0.2, -0.15) is 0 Å². The average molecular weight is 384 g/mol. The standard InChI is InChI=1S/C20H28N6O2/c1-14(18(27)23-13-17-12-15-3-4-16(17)11-15)24-20(28)26-9-7-25(8-10-26)19-21-5-2-6-22-19/h2-6,14-17H,7-13H2,1H3,(H,23,27)(H,24,28)/t14-,15+,16+,17+/m1/s1. The number of piperazine rings is 1. The first-order valence-electron chi connectivity index (χ1n) is 10.1. The Morgan fingerprint density at radius 2 is 1.89 bits per heavy atom. The van der Waals surface area contributed by atoms with E-state index in [2.05, 4.69) is 37.7 Å². The van der Waals surface area contributed by atoms with Crippen molar-refractivity contribution in [2.24, 2.45) is 17.8 Å². The van der Waals surface area contributed by atoms with Crippen LogP contribution in [0.2, 0.25) is 0 Å². The van der Waals surface area contributed by atoms with E-state index in [4.69, 9.17) is 0 Å². The summed E-state index contributed by atoms with van der Waals surface area (Å²) in [6.07, 6.45) is 10.4. The number of rotatable bonds is 5. The monoisotopic (exact) mass is 384 g/mol. The van der Waals surface area contributed by atoms with Crippen LogP contribution in [0.1, 0.15) is 19.8 Å². The number of urea groups is 1. The summed E-state index contributed by atoms with van der Waals surface area (Å²) in [5.74, 6) is 2.42. The van der Waals surface area contributed by atoms with Crippen molar-refractivity contribution < 1.29 is 9.59 Å². The summed E-state index contributed by atoms with van der Waals surface area (Å²) in [6.45, 7) is 4.94. The summed E-state index contributed by atoms with van der Waals surface area (Å²) in [4.78, 5) is 37.2. The van der Waals surface area contributed by atoms with Gasteiger partial charge in [0.05, 0.1) is 0 Å². The molecule has 8 heteroatoms. The molecule has 1 aliphatic heterocycles. The number of anilines is 1. The van der Waals surface area contributed by atoms with Gasteiger partial charge in [-0.25, -0.2) is 14.8 Å². The van der Waals surface area contributed by atoms with Crippen LogP contribution in [0.5, 0.6) is 0 Å². The first kappa shape index (κ1) is 18.7. The zero-order valence-electron chi connectivity index (χ0n) is 16.3. The molecule has 0 radical (unpaired) electrons. The highest BCUT2D eigenvalue weighted by Crippen LogP contribution is 2.42. The van der Waals surface area contributed by atoms with Gasteiger partial charge in [0.1, 0.15) is 6.04 Å². The topological polar surface area (TPSA) is 90.5 Å². The summed E-state index contributed by atoms with van der Waals surface area (Å²) in [6, 6.07) is 1.05. The molecular formula is C20H28N6O2. The fourth-order valence-electron chi connectivity index (χ4n) is 4.42. The highest BCUT2D eigenvalue weighted by Gasteiger charge is 2.35. The predicted octanol–water partition coefficient (Wildman–Crippen LogP) is 1.03. The van der Waals surface area contributed by atoms with Gasteiger partial charge in [-0.05, 0) is 43.6 Å². The highest BCUT2D eigenvalue weighted by molar-refractivity contribution is 5.86. The predicted molar refractivity (Wildman–Crippen MR) is 106 cm³/mol. The van der Waals surface area contributed by atoms with E-state index in [-0.39, 0.29) is 11.9 Å². The van der Waals surface area contributed by atoms with Gasteiger partial charge < -0.3 is 20.4 Å². The van der Waals surface area contributed by atoms with Gasteiger partial charge in [-0.1, -0.05) is 12.2 Å². The van der Waals surface area contributed by atoms with Crippen LogP contribution in [0.25, 0.3) is 0 Å². The molecule has 4 atom stereocenters. The van der Waals surface area contributed by atoms with Crippen LogP contribution in [0, 0.1) is 17.8 Å². The lowest BCUT2D eigenvalue weighted by Crippen LogP contribution is -2.55. The molecule has 0 aromatic carbocycles. The smallest absolute Gasteiger partial charge is 0.318 e. The van der Waals surface area contributed by atoms with Gasteiger partial charge in [0.15, 0.2) is 0 Å². The Morgan fingerprint density at radius 1 is 1.14 bits per heavy atom. The summed E-state index contributed by atoms with van der Waals surface area (Å²) in [7, 11) is 0. The third-order valence-electron chi connectivity index (χ3n) is 6.09. The molecule has 2 bridgehead atoms. The van der Waals surface area contributed by atoms with Crippen molar-refractivity contribution >= 4 is 17.9 Å². The minimum atomic E-state index is -0.544. The molecule has 0 unspecified atom stereocenters. The first-order valence-corrected chi connectivity index (χ1v) is 10.1. The fraction of sp³-hybridized carbons (Fsp3) is 0.600. The van der Waals surface area contributed by atoms with Crippen molar-refractivity contribution in [2.45, 2.75) is 25.8 Å². The van der Waals surface area contributed by atoms with E-state index >= 15 is 0 Å². The Labute approximate surface area is 165 Å². The molecule has 1 saturated carbocycles.